The Morgan fingerprint density at radius 2 is 1.93 bits per heavy atom. The molecule has 0 aliphatic heterocycles. The molecule has 2 N–H and O–H groups in total. The van der Waals surface area contributed by atoms with Crippen LogP contribution >= 0.6 is 11.3 Å². The van der Waals surface area contributed by atoms with Crippen LogP contribution in [0.15, 0.2) is 36.7 Å². The van der Waals surface area contributed by atoms with Crippen molar-refractivity contribution in [3.8, 4) is 21.8 Å². The van der Waals surface area contributed by atoms with Gasteiger partial charge < -0.3 is 10.5 Å². The summed E-state index contributed by atoms with van der Waals surface area (Å²) in [6, 6.07) is 9.81. The molecule has 3 aromatic rings. The summed E-state index contributed by atoms with van der Waals surface area (Å²) in [5, 5.41) is 15.3. The molecule has 0 aliphatic rings. The lowest BCUT2D eigenvalue weighted by Gasteiger charge is -2.15. The van der Waals surface area contributed by atoms with Crippen LogP contribution in [0, 0.1) is 10.1 Å². The van der Waals surface area contributed by atoms with E-state index < -0.39 is 18.9 Å². The maximum absolute atomic E-state index is 11.5. The van der Waals surface area contributed by atoms with E-state index in [9.17, 15) is 14.9 Å². The number of nitrogens with two attached hydrogens (primary N) is 1. The molecular formula is C19H23N5O4SSi. The molecule has 2 aromatic heterocycles. The van der Waals surface area contributed by atoms with Crippen molar-refractivity contribution in [2.24, 2.45) is 5.73 Å². The van der Waals surface area contributed by atoms with Crippen LogP contribution in [-0.2, 0) is 11.5 Å². The molecule has 0 radical (unpaired) electrons. The largest absolute Gasteiger partial charge is 0.365 e. The Bertz CT molecular complexity index is 1020. The number of primary amides is 1. The SMILES string of the molecule is C[Si](C)(C)CCOCn1cnc(-c2ccc(-c3cc(C(N)=O)c([N+](=O)[O-])s3)cc2)n1. The quantitative estimate of drug-likeness (QED) is 0.230. The Balaban J connectivity index is 1.69. The first-order valence-corrected chi connectivity index (χ1v) is 13.8. The highest BCUT2D eigenvalue weighted by Crippen LogP contribution is 2.37. The van der Waals surface area contributed by atoms with E-state index in [0.717, 1.165) is 28.5 Å². The number of nitro groups is 1. The lowest BCUT2D eigenvalue weighted by Crippen LogP contribution is -2.22. The molecule has 0 bridgehead atoms. The van der Waals surface area contributed by atoms with Crippen molar-refractivity contribution >= 4 is 30.3 Å². The molecule has 0 fully saturated rings. The normalized spacial score (nSPS) is 11.6. The lowest BCUT2D eigenvalue weighted by molar-refractivity contribution is -0.380. The number of amides is 1. The van der Waals surface area contributed by atoms with Gasteiger partial charge in [0, 0.05) is 25.1 Å². The van der Waals surface area contributed by atoms with E-state index in [-0.39, 0.29) is 10.6 Å². The highest BCUT2D eigenvalue weighted by Gasteiger charge is 2.23. The van der Waals surface area contributed by atoms with E-state index in [1.54, 1.807) is 23.1 Å². The molecule has 2 heterocycles. The first-order valence-electron chi connectivity index (χ1n) is 9.30. The summed E-state index contributed by atoms with van der Waals surface area (Å²) >= 11 is 0.919. The second kappa shape index (κ2) is 8.86. The van der Waals surface area contributed by atoms with Crippen LogP contribution < -0.4 is 5.73 Å². The van der Waals surface area contributed by atoms with E-state index in [1.165, 1.54) is 6.07 Å². The van der Waals surface area contributed by atoms with Crippen LogP contribution in [0.3, 0.4) is 0 Å². The van der Waals surface area contributed by atoms with Gasteiger partial charge in [0.15, 0.2) is 5.82 Å². The van der Waals surface area contributed by atoms with Crippen molar-refractivity contribution in [1.29, 1.82) is 0 Å². The Hall–Kier alpha value is -2.89. The van der Waals surface area contributed by atoms with Crippen LogP contribution in [0.2, 0.25) is 25.7 Å². The summed E-state index contributed by atoms with van der Waals surface area (Å²) in [6.45, 7) is 7.97. The Morgan fingerprint density at radius 3 is 2.50 bits per heavy atom. The van der Waals surface area contributed by atoms with Gasteiger partial charge >= 0.3 is 5.00 Å². The molecule has 0 spiro atoms. The third-order valence-electron chi connectivity index (χ3n) is 4.33. The van der Waals surface area contributed by atoms with E-state index >= 15 is 0 Å². The molecule has 0 saturated carbocycles. The van der Waals surface area contributed by atoms with Crippen molar-refractivity contribution < 1.29 is 14.5 Å². The van der Waals surface area contributed by atoms with Gasteiger partial charge in [0.1, 0.15) is 18.6 Å². The number of aromatic nitrogens is 3. The van der Waals surface area contributed by atoms with Crippen LogP contribution in [-0.4, -0.2) is 40.3 Å². The van der Waals surface area contributed by atoms with E-state index in [0.29, 0.717) is 24.0 Å². The topological polar surface area (TPSA) is 126 Å². The minimum atomic E-state index is -1.12. The lowest BCUT2D eigenvalue weighted by atomic mass is 10.1. The molecule has 30 heavy (non-hydrogen) atoms. The Kier molecular flexibility index (Phi) is 6.44. The number of thiophene rings is 1. The monoisotopic (exact) mass is 445 g/mol. The average molecular weight is 446 g/mol. The molecule has 0 atom stereocenters. The highest BCUT2D eigenvalue weighted by atomic mass is 32.1. The Labute approximate surface area is 178 Å². The number of carbonyl (C=O) groups excluding carboxylic acids is 1. The van der Waals surface area contributed by atoms with Crippen molar-refractivity contribution in [1.82, 2.24) is 14.8 Å². The molecular weight excluding hydrogens is 422 g/mol. The first-order chi connectivity index (χ1) is 14.1. The van der Waals surface area contributed by atoms with E-state index in [4.69, 9.17) is 10.5 Å². The molecule has 0 saturated heterocycles. The average Bonchev–Trinajstić information content (AvgIpc) is 3.32. The molecule has 158 valence electrons. The molecule has 0 unspecified atom stereocenters. The zero-order valence-electron chi connectivity index (χ0n) is 17.0. The summed E-state index contributed by atoms with van der Waals surface area (Å²) in [5.74, 6) is -0.257. The summed E-state index contributed by atoms with van der Waals surface area (Å²) in [5.41, 5.74) is 6.71. The standard InChI is InChI=1S/C19H23N5O4SSi/c1-30(2,3)9-8-28-12-23-11-21-18(22-23)14-6-4-13(5-7-14)16-10-15(17(20)25)19(29-16)24(26)27/h4-7,10-11H,8-9,12H2,1-3H3,(H2,20,25). The van der Waals surface area contributed by atoms with Gasteiger partial charge in [-0.3, -0.25) is 14.9 Å². The predicted molar refractivity (Wildman–Crippen MR) is 118 cm³/mol. The zero-order valence-corrected chi connectivity index (χ0v) is 18.8. The maximum Gasteiger partial charge on any atom is 0.337 e. The number of hydrogen-bond donors (Lipinski definition) is 1. The molecule has 1 aromatic carbocycles. The van der Waals surface area contributed by atoms with Crippen molar-refractivity contribution in [3.05, 3.63) is 52.3 Å². The van der Waals surface area contributed by atoms with Gasteiger partial charge in [-0.1, -0.05) is 55.2 Å². The van der Waals surface area contributed by atoms with E-state index in [2.05, 4.69) is 29.7 Å². The van der Waals surface area contributed by atoms with Gasteiger partial charge in [0.25, 0.3) is 5.91 Å². The second-order valence-corrected chi connectivity index (χ2v) is 14.6. The number of hydrogen-bond acceptors (Lipinski definition) is 7. The van der Waals surface area contributed by atoms with Crippen molar-refractivity contribution in [3.63, 3.8) is 0 Å². The van der Waals surface area contributed by atoms with Crippen LogP contribution in [0.5, 0.6) is 0 Å². The number of benzene rings is 1. The van der Waals surface area contributed by atoms with Gasteiger partial charge in [0.05, 0.1) is 4.92 Å². The summed E-state index contributed by atoms with van der Waals surface area (Å²) in [4.78, 5) is 26.9. The van der Waals surface area contributed by atoms with Crippen LogP contribution in [0.1, 0.15) is 10.4 Å². The minimum absolute atomic E-state index is 0.0846. The minimum Gasteiger partial charge on any atom is -0.365 e. The number of nitrogens with zero attached hydrogens (tertiary/aromatic N) is 4. The van der Waals surface area contributed by atoms with Crippen molar-refractivity contribution in [2.75, 3.05) is 6.61 Å². The van der Waals surface area contributed by atoms with E-state index in [1.807, 2.05) is 12.1 Å². The van der Waals surface area contributed by atoms with Gasteiger partial charge in [-0.15, -0.1) is 5.10 Å². The second-order valence-electron chi connectivity index (χ2n) is 7.98. The van der Waals surface area contributed by atoms with Crippen molar-refractivity contribution in [2.45, 2.75) is 32.4 Å². The molecule has 1 amide bonds. The van der Waals surface area contributed by atoms with Gasteiger partial charge in [0.2, 0.25) is 0 Å². The van der Waals surface area contributed by atoms with Gasteiger partial charge in [-0.2, -0.15) is 0 Å². The fourth-order valence-electron chi connectivity index (χ4n) is 2.64. The summed E-state index contributed by atoms with van der Waals surface area (Å²) in [6.07, 6.45) is 1.62. The van der Waals surface area contributed by atoms with Gasteiger partial charge in [-0.25, -0.2) is 9.67 Å². The fraction of sp³-hybridized carbons (Fsp3) is 0.316. The van der Waals surface area contributed by atoms with Crippen LogP contribution in [0.4, 0.5) is 5.00 Å². The summed E-state index contributed by atoms with van der Waals surface area (Å²) in [7, 11) is -1.12. The predicted octanol–water partition coefficient (Wildman–Crippen LogP) is 3.99. The third kappa shape index (κ3) is 5.37. The van der Waals surface area contributed by atoms with Gasteiger partial charge in [-0.05, 0) is 17.7 Å². The maximum atomic E-state index is 11.5. The highest BCUT2D eigenvalue weighted by molar-refractivity contribution is 7.19. The molecule has 0 aliphatic carbocycles. The number of rotatable bonds is 9. The smallest absolute Gasteiger partial charge is 0.337 e. The fourth-order valence-corrected chi connectivity index (χ4v) is 4.38. The zero-order chi connectivity index (χ0) is 21.9. The molecule has 9 nitrogen and oxygen atoms in total. The number of carbonyl (C=O) groups is 1. The third-order valence-corrected chi connectivity index (χ3v) is 7.17. The molecule has 3 rings (SSSR count). The Morgan fingerprint density at radius 1 is 1.27 bits per heavy atom. The van der Waals surface area contributed by atoms with Crippen LogP contribution in [0.25, 0.3) is 21.8 Å². The first kappa shape index (κ1) is 21.8. The summed E-state index contributed by atoms with van der Waals surface area (Å²) < 4.78 is 7.33. The molecule has 11 heteroatoms. The number of ether oxygens (including phenoxy) is 1.